The molecule has 1 fully saturated rings. The van der Waals surface area contributed by atoms with Crippen LogP contribution in [-0.2, 0) is 13.5 Å². The molecule has 102 valence electrons. The predicted octanol–water partition coefficient (Wildman–Crippen LogP) is 2.83. The normalized spacial score (nSPS) is 24.4. The molecule has 1 aromatic heterocycles. The van der Waals surface area contributed by atoms with Gasteiger partial charge in [-0.25, -0.2) is 0 Å². The Balaban J connectivity index is 1.87. The largest absolute Gasteiger partial charge is 0.314 e. The standard InChI is InChI=1S/C15H27N3/c1-4-8-16-14-7-5-6-13(10-14)11-15-9-12(2)17-18(15)3/h9,13-14,16H,4-8,10-11H2,1-3H3. The lowest BCUT2D eigenvalue weighted by molar-refractivity contribution is 0.281. The minimum absolute atomic E-state index is 0.748. The molecule has 2 atom stereocenters. The third-order valence-corrected chi connectivity index (χ3v) is 4.06. The molecule has 1 aromatic rings. The summed E-state index contributed by atoms with van der Waals surface area (Å²) in [5, 5.41) is 8.13. The Morgan fingerprint density at radius 1 is 1.44 bits per heavy atom. The molecular weight excluding hydrogens is 222 g/mol. The molecular formula is C15H27N3. The Labute approximate surface area is 111 Å². The van der Waals surface area contributed by atoms with E-state index in [2.05, 4.69) is 42.1 Å². The Kier molecular flexibility index (Phi) is 4.81. The quantitative estimate of drug-likeness (QED) is 0.869. The predicted molar refractivity (Wildman–Crippen MR) is 75.7 cm³/mol. The van der Waals surface area contributed by atoms with Crippen molar-refractivity contribution in [2.75, 3.05) is 6.54 Å². The van der Waals surface area contributed by atoms with Crippen LogP contribution in [0.4, 0.5) is 0 Å². The van der Waals surface area contributed by atoms with Gasteiger partial charge in [-0.15, -0.1) is 0 Å². The fourth-order valence-corrected chi connectivity index (χ4v) is 3.16. The minimum atomic E-state index is 0.748. The average molecular weight is 249 g/mol. The van der Waals surface area contributed by atoms with E-state index in [1.54, 1.807) is 0 Å². The van der Waals surface area contributed by atoms with E-state index >= 15 is 0 Å². The van der Waals surface area contributed by atoms with Crippen LogP contribution in [0.15, 0.2) is 6.07 Å². The van der Waals surface area contributed by atoms with Crippen LogP contribution in [0.5, 0.6) is 0 Å². The summed E-state index contributed by atoms with van der Waals surface area (Å²) < 4.78 is 2.05. The third-order valence-electron chi connectivity index (χ3n) is 4.06. The summed E-state index contributed by atoms with van der Waals surface area (Å²) in [6.45, 7) is 5.49. The van der Waals surface area contributed by atoms with Crippen molar-refractivity contribution < 1.29 is 0 Å². The molecule has 1 saturated carbocycles. The molecule has 0 aromatic carbocycles. The summed E-state index contributed by atoms with van der Waals surface area (Å²) in [7, 11) is 2.07. The zero-order valence-corrected chi connectivity index (χ0v) is 12.1. The number of nitrogens with zero attached hydrogens (tertiary/aromatic N) is 2. The molecule has 3 heteroatoms. The van der Waals surface area contributed by atoms with Crippen molar-refractivity contribution in [2.45, 2.75) is 58.4 Å². The molecule has 2 rings (SSSR count). The van der Waals surface area contributed by atoms with Crippen molar-refractivity contribution in [2.24, 2.45) is 13.0 Å². The Hall–Kier alpha value is -0.830. The zero-order valence-electron chi connectivity index (χ0n) is 12.1. The van der Waals surface area contributed by atoms with E-state index in [1.807, 2.05) is 0 Å². The molecule has 3 nitrogen and oxygen atoms in total. The molecule has 1 heterocycles. The van der Waals surface area contributed by atoms with Gasteiger partial charge in [0.05, 0.1) is 5.69 Å². The minimum Gasteiger partial charge on any atom is -0.314 e. The maximum absolute atomic E-state index is 4.45. The smallest absolute Gasteiger partial charge is 0.0596 e. The van der Waals surface area contributed by atoms with Crippen molar-refractivity contribution in [3.63, 3.8) is 0 Å². The van der Waals surface area contributed by atoms with Gasteiger partial charge in [0, 0.05) is 18.8 Å². The Morgan fingerprint density at radius 2 is 2.28 bits per heavy atom. The summed E-state index contributed by atoms with van der Waals surface area (Å²) in [4.78, 5) is 0. The van der Waals surface area contributed by atoms with Gasteiger partial charge in [-0.3, -0.25) is 4.68 Å². The molecule has 1 aliphatic carbocycles. The average Bonchev–Trinajstić information content (AvgIpc) is 2.66. The highest BCUT2D eigenvalue weighted by molar-refractivity contribution is 5.09. The molecule has 1 N–H and O–H groups in total. The van der Waals surface area contributed by atoms with Gasteiger partial charge in [0.2, 0.25) is 0 Å². The lowest BCUT2D eigenvalue weighted by Crippen LogP contribution is -2.35. The topological polar surface area (TPSA) is 29.9 Å². The van der Waals surface area contributed by atoms with Crippen LogP contribution in [0, 0.1) is 12.8 Å². The van der Waals surface area contributed by atoms with E-state index in [9.17, 15) is 0 Å². The second kappa shape index (κ2) is 6.37. The fourth-order valence-electron chi connectivity index (χ4n) is 3.16. The van der Waals surface area contributed by atoms with E-state index < -0.39 is 0 Å². The van der Waals surface area contributed by atoms with Crippen LogP contribution in [0.1, 0.15) is 50.4 Å². The van der Waals surface area contributed by atoms with Crippen molar-refractivity contribution in [1.29, 1.82) is 0 Å². The molecule has 0 radical (unpaired) electrons. The first kappa shape index (κ1) is 13.6. The van der Waals surface area contributed by atoms with Crippen molar-refractivity contribution in [1.82, 2.24) is 15.1 Å². The number of aryl methyl sites for hydroxylation is 2. The van der Waals surface area contributed by atoms with E-state index in [1.165, 1.54) is 50.8 Å². The number of rotatable bonds is 5. The maximum atomic E-state index is 4.45. The number of nitrogens with one attached hydrogen (secondary N) is 1. The summed E-state index contributed by atoms with van der Waals surface area (Å²) in [6, 6.07) is 2.99. The lowest BCUT2D eigenvalue weighted by Gasteiger charge is -2.29. The fraction of sp³-hybridized carbons (Fsp3) is 0.800. The monoisotopic (exact) mass is 249 g/mol. The SMILES string of the molecule is CCCNC1CCCC(Cc2cc(C)nn2C)C1. The molecule has 0 aliphatic heterocycles. The maximum Gasteiger partial charge on any atom is 0.0596 e. The van der Waals surface area contributed by atoms with Crippen LogP contribution in [-0.4, -0.2) is 22.4 Å². The van der Waals surface area contributed by atoms with E-state index in [4.69, 9.17) is 0 Å². The van der Waals surface area contributed by atoms with Gasteiger partial charge in [-0.2, -0.15) is 5.10 Å². The van der Waals surface area contributed by atoms with Crippen LogP contribution in [0.3, 0.4) is 0 Å². The van der Waals surface area contributed by atoms with Gasteiger partial charge >= 0.3 is 0 Å². The van der Waals surface area contributed by atoms with Crippen LogP contribution >= 0.6 is 0 Å². The summed E-state index contributed by atoms with van der Waals surface area (Å²) in [5.41, 5.74) is 2.54. The number of hydrogen-bond donors (Lipinski definition) is 1. The molecule has 0 spiro atoms. The first-order valence-corrected chi connectivity index (χ1v) is 7.42. The van der Waals surface area contributed by atoms with E-state index in [-0.39, 0.29) is 0 Å². The van der Waals surface area contributed by atoms with Gasteiger partial charge < -0.3 is 5.32 Å². The first-order chi connectivity index (χ1) is 8.69. The van der Waals surface area contributed by atoms with Gasteiger partial charge in [0.15, 0.2) is 0 Å². The van der Waals surface area contributed by atoms with Gasteiger partial charge in [0.25, 0.3) is 0 Å². The summed E-state index contributed by atoms with van der Waals surface area (Å²) in [6.07, 6.45) is 7.90. The highest BCUT2D eigenvalue weighted by Gasteiger charge is 2.22. The van der Waals surface area contributed by atoms with Crippen molar-refractivity contribution in [3.8, 4) is 0 Å². The van der Waals surface area contributed by atoms with Crippen molar-refractivity contribution in [3.05, 3.63) is 17.5 Å². The highest BCUT2D eigenvalue weighted by Crippen LogP contribution is 2.27. The number of aromatic nitrogens is 2. The van der Waals surface area contributed by atoms with Crippen LogP contribution in [0.2, 0.25) is 0 Å². The first-order valence-electron chi connectivity index (χ1n) is 7.42. The summed E-state index contributed by atoms with van der Waals surface area (Å²) in [5.74, 6) is 0.836. The Morgan fingerprint density at radius 3 is 2.94 bits per heavy atom. The molecule has 2 unspecified atom stereocenters. The second-order valence-corrected chi connectivity index (χ2v) is 5.79. The lowest BCUT2D eigenvalue weighted by atomic mass is 9.83. The summed E-state index contributed by atoms with van der Waals surface area (Å²) >= 11 is 0. The van der Waals surface area contributed by atoms with Gasteiger partial charge in [-0.05, 0) is 57.6 Å². The van der Waals surface area contributed by atoms with Crippen LogP contribution < -0.4 is 5.32 Å². The molecule has 0 saturated heterocycles. The molecule has 1 aliphatic rings. The highest BCUT2D eigenvalue weighted by atomic mass is 15.3. The zero-order chi connectivity index (χ0) is 13.0. The van der Waals surface area contributed by atoms with Gasteiger partial charge in [-0.1, -0.05) is 13.3 Å². The number of hydrogen-bond acceptors (Lipinski definition) is 2. The molecule has 18 heavy (non-hydrogen) atoms. The van der Waals surface area contributed by atoms with Crippen LogP contribution in [0.25, 0.3) is 0 Å². The van der Waals surface area contributed by atoms with E-state index in [0.29, 0.717) is 0 Å². The third kappa shape index (κ3) is 3.58. The van der Waals surface area contributed by atoms with Gasteiger partial charge in [0.1, 0.15) is 0 Å². The Bertz CT molecular complexity index is 370. The van der Waals surface area contributed by atoms with Crippen molar-refractivity contribution >= 4 is 0 Å². The second-order valence-electron chi connectivity index (χ2n) is 5.79. The molecule has 0 bridgehead atoms. The van der Waals surface area contributed by atoms with E-state index in [0.717, 1.165) is 17.7 Å². The molecule has 0 amide bonds.